The zero-order valence-electron chi connectivity index (χ0n) is 8.85. The summed E-state index contributed by atoms with van der Waals surface area (Å²) in [4.78, 5) is 0. The van der Waals surface area contributed by atoms with Crippen LogP contribution in [0, 0.1) is 0 Å². The van der Waals surface area contributed by atoms with Crippen LogP contribution in [0.3, 0.4) is 0 Å². The van der Waals surface area contributed by atoms with E-state index in [-0.39, 0.29) is 0 Å². The predicted octanol–water partition coefficient (Wildman–Crippen LogP) is 4.39. The van der Waals surface area contributed by atoms with Gasteiger partial charge in [0.25, 0.3) is 0 Å². The molecule has 0 fully saturated rings. The van der Waals surface area contributed by atoms with Crippen molar-refractivity contribution in [3.8, 4) is 0 Å². The van der Waals surface area contributed by atoms with Gasteiger partial charge in [-0.1, -0.05) is 51.9 Å². The minimum atomic E-state index is 1.18. The zero-order valence-corrected chi connectivity index (χ0v) is 8.85. The van der Waals surface area contributed by atoms with Crippen LogP contribution >= 0.6 is 0 Å². The second kappa shape index (κ2) is 6.99. The van der Waals surface area contributed by atoms with Gasteiger partial charge in [0.15, 0.2) is 0 Å². The first-order valence-electron chi connectivity index (χ1n) is 5.79. The molecule has 0 aromatic carbocycles. The van der Waals surface area contributed by atoms with E-state index in [2.05, 4.69) is 6.92 Å². The summed E-state index contributed by atoms with van der Waals surface area (Å²) in [5.74, 6) is 1.21. The van der Waals surface area contributed by atoms with Crippen molar-refractivity contribution < 1.29 is 4.74 Å². The van der Waals surface area contributed by atoms with Crippen LogP contribution in [0.25, 0.3) is 0 Å². The fourth-order valence-electron chi connectivity index (χ4n) is 1.59. The van der Waals surface area contributed by atoms with E-state index in [9.17, 15) is 0 Å². The molecule has 0 N–H and O–H groups in total. The van der Waals surface area contributed by atoms with Crippen molar-refractivity contribution >= 4 is 0 Å². The monoisotopic (exact) mass is 182 g/mol. The van der Waals surface area contributed by atoms with Gasteiger partial charge < -0.3 is 4.74 Å². The standard InChI is InChI=1S/C12H22O/c1-2-3-4-5-6-7-8-9-10-12-11-13-12/h11H,2-10H2,1H3. The average molecular weight is 182 g/mol. The van der Waals surface area contributed by atoms with E-state index in [1.165, 1.54) is 63.5 Å². The van der Waals surface area contributed by atoms with E-state index in [1.807, 2.05) is 6.26 Å². The van der Waals surface area contributed by atoms with Crippen LogP contribution < -0.4 is 0 Å². The van der Waals surface area contributed by atoms with Gasteiger partial charge in [-0.05, 0) is 6.42 Å². The molecule has 0 radical (unpaired) electrons. The third kappa shape index (κ3) is 6.68. The topological polar surface area (TPSA) is 12.5 Å². The van der Waals surface area contributed by atoms with Gasteiger partial charge in [0, 0.05) is 6.42 Å². The quantitative estimate of drug-likeness (QED) is 0.482. The molecule has 0 saturated heterocycles. The Balaban J connectivity index is 1.66. The molecule has 0 aromatic heterocycles. The van der Waals surface area contributed by atoms with Gasteiger partial charge in [0.2, 0.25) is 0 Å². The first-order chi connectivity index (χ1) is 6.43. The van der Waals surface area contributed by atoms with E-state index in [0.717, 1.165) is 0 Å². The van der Waals surface area contributed by atoms with E-state index in [1.54, 1.807) is 0 Å². The maximum absolute atomic E-state index is 4.96. The summed E-state index contributed by atoms with van der Waals surface area (Å²) in [5, 5.41) is 0. The van der Waals surface area contributed by atoms with Crippen LogP contribution in [-0.2, 0) is 4.74 Å². The number of hydrogen-bond donors (Lipinski definition) is 0. The van der Waals surface area contributed by atoms with E-state index >= 15 is 0 Å². The Kier molecular flexibility index (Phi) is 5.71. The second-order valence-corrected chi connectivity index (χ2v) is 3.93. The highest BCUT2D eigenvalue weighted by Gasteiger charge is 2.07. The molecule has 0 saturated carbocycles. The van der Waals surface area contributed by atoms with Gasteiger partial charge in [-0.3, -0.25) is 0 Å². The molecule has 0 spiro atoms. The van der Waals surface area contributed by atoms with E-state index < -0.39 is 0 Å². The average Bonchev–Trinajstić information content (AvgIpc) is 2.93. The second-order valence-electron chi connectivity index (χ2n) is 3.93. The van der Waals surface area contributed by atoms with E-state index in [0.29, 0.717) is 0 Å². The van der Waals surface area contributed by atoms with Crippen LogP contribution in [0.1, 0.15) is 64.7 Å². The molecule has 76 valence electrons. The van der Waals surface area contributed by atoms with Gasteiger partial charge in [0.05, 0.1) is 0 Å². The normalized spacial score (nSPS) is 13.8. The highest BCUT2D eigenvalue weighted by atomic mass is 16.5. The maximum Gasteiger partial charge on any atom is 0.138 e. The van der Waals surface area contributed by atoms with Crippen molar-refractivity contribution in [1.29, 1.82) is 0 Å². The van der Waals surface area contributed by atoms with Crippen LogP contribution in [0.2, 0.25) is 0 Å². The number of allylic oxidation sites excluding steroid dienone is 1. The highest BCUT2D eigenvalue weighted by molar-refractivity contribution is 5.01. The molecular formula is C12H22O. The Bertz CT molecular complexity index is 149. The lowest BCUT2D eigenvalue weighted by Gasteiger charge is -1.99. The maximum atomic E-state index is 4.96. The summed E-state index contributed by atoms with van der Waals surface area (Å²) in [6, 6.07) is 0. The number of rotatable bonds is 9. The van der Waals surface area contributed by atoms with Gasteiger partial charge in [-0.2, -0.15) is 0 Å². The third-order valence-corrected chi connectivity index (χ3v) is 2.56. The van der Waals surface area contributed by atoms with Crippen LogP contribution in [0.4, 0.5) is 0 Å². The Morgan fingerprint density at radius 1 is 0.923 bits per heavy atom. The molecule has 0 atom stereocenters. The van der Waals surface area contributed by atoms with Gasteiger partial charge in [-0.25, -0.2) is 0 Å². The minimum absolute atomic E-state index is 1.18. The highest BCUT2D eigenvalue weighted by Crippen LogP contribution is 2.21. The summed E-state index contributed by atoms with van der Waals surface area (Å²) in [6.07, 6.45) is 14.2. The van der Waals surface area contributed by atoms with Crippen molar-refractivity contribution in [3.63, 3.8) is 0 Å². The van der Waals surface area contributed by atoms with Crippen LogP contribution in [0.5, 0.6) is 0 Å². The van der Waals surface area contributed by atoms with Crippen molar-refractivity contribution in [2.45, 2.75) is 64.7 Å². The molecule has 1 heteroatoms. The molecule has 0 aliphatic carbocycles. The molecule has 0 unspecified atom stereocenters. The molecule has 1 rings (SSSR count). The summed E-state index contributed by atoms with van der Waals surface area (Å²) in [6.45, 7) is 2.27. The number of unbranched alkanes of at least 4 members (excludes halogenated alkanes) is 7. The minimum Gasteiger partial charge on any atom is -0.463 e. The molecule has 1 aliphatic heterocycles. The van der Waals surface area contributed by atoms with Crippen LogP contribution in [0.15, 0.2) is 12.0 Å². The first kappa shape index (κ1) is 10.6. The fourth-order valence-corrected chi connectivity index (χ4v) is 1.59. The molecular weight excluding hydrogens is 160 g/mol. The molecule has 1 aliphatic rings. The predicted molar refractivity (Wildman–Crippen MR) is 56.4 cm³/mol. The summed E-state index contributed by atoms with van der Waals surface area (Å²) >= 11 is 0. The number of hydrogen-bond acceptors (Lipinski definition) is 1. The summed E-state index contributed by atoms with van der Waals surface area (Å²) < 4.78 is 4.96. The van der Waals surface area contributed by atoms with Gasteiger partial charge in [0.1, 0.15) is 12.0 Å². The molecule has 0 aromatic rings. The Hall–Kier alpha value is -0.460. The zero-order chi connectivity index (χ0) is 9.36. The molecule has 0 bridgehead atoms. The van der Waals surface area contributed by atoms with Crippen LogP contribution in [-0.4, -0.2) is 0 Å². The van der Waals surface area contributed by atoms with Crippen molar-refractivity contribution in [2.24, 2.45) is 0 Å². The van der Waals surface area contributed by atoms with Crippen molar-refractivity contribution in [3.05, 3.63) is 12.0 Å². The Morgan fingerprint density at radius 3 is 2.00 bits per heavy atom. The summed E-state index contributed by atoms with van der Waals surface area (Å²) in [5.41, 5.74) is 0. The molecule has 1 nitrogen and oxygen atoms in total. The summed E-state index contributed by atoms with van der Waals surface area (Å²) in [7, 11) is 0. The SMILES string of the molecule is CCCCCCCCCCC1=CO1. The molecule has 1 heterocycles. The molecule has 13 heavy (non-hydrogen) atoms. The smallest absolute Gasteiger partial charge is 0.138 e. The van der Waals surface area contributed by atoms with Crippen molar-refractivity contribution in [1.82, 2.24) is 0 Å². The Morgan fingerprint density at radius 2 is 1.46 bits per heavy atom. The van der Waals surface area contributed by atoms with Gasteiger partial charge in [-0.15, -0.1) is 0 Å². The lowest BCUT2D eigenvalue weighted by atomic mass is 10.1. The van der Waals surface area contributed by atoms with Crippen molar-refractivity contribution in [2.75, 3.05) is 0 Å². The lowest BCUT2D eigenvalue weighted by Crippen LogP contribution is -1.80. The Labute approximate surface area is 82.2 Å². The fraction of sp³-hybridized carbons (Fsp3) is 0.833. The third-order valence-electron chi connectivity index (χ3n) is 2.56. The van der Waals surface area contributed by atoms with E-state index in [4.69, 9.17) is 4.74 Å². The first-order valence-corrected chi connectivity index (χ1v) is 5.79. The number of ether oxygens (including phenoxy) is 1. The lowest BCUT2D eigenvalue weighted by molar-refractivity contribution is 0.470. The van der Waals surface area contributed by atoms with Gasteiger partial charge >= 0.3 is 0 Å². The molecule has 0 amide bonds. The largest absolute Gasteiger partial charge is 0.463 e.